The van der Waals surface area contributed by atoms with Crippen molar-refractivity contribution >= 4 is 22.9 Å². The standard InChI is InChI=1S/C13H19ClN2S/c14-10-7-13(17-9-10)8-15-11-3-5-16(6-4-11)12-1-2-12/h7,9,11-12,15H,1-6,8H2. The molecule has 1 aliphatic carbocycles. The highest BCUT2D eigenvalue weighted by Gasteiger charge is 2.31. The van der Waals surface area contributed by atoms with E-state index in [4.69, 9.17) is 11.6 Å². The molecule has 2 fully saturated rings. The summed E-state index contributed by atoms with van der Waals surface area (Å²) >= 11 is 7.67. The van der Waals surface area contributed by atoms with E-state index in [2.05, 4.69) is 16.3 Å². The predicted octanol–water partition coefficient (Wildman–Crippen LogP) is 3.12. The summed E-state index contributed by atoms with van der Waals surface area (Å²) in [6.45, 7) is 3.55. The predicted molar refractivity (Wildman–Crippen MR) is 73.8 cm³/mol. The van der Waals surface area contributed by atoms with Crippen molar-refractivity contribution in [3.63, 3.8) is 0 Å². The summed E-state index contributed by atoms with van der Waals surface area (Å²) in [5.74, 6) is 0. The van der Waals surface area contributed by atoms with Gasteiger partial charge in [-0.25, -0.2) is 0 Å². The van der Waals surface area contributed by atoms with Gasteiger partial charge in [0.05, 0.1) is 5.02 Å². The lowest BCUT2D eigenvalue weighted by Gasteiger charge is -2.32. The average Bonchev–Trinajstić information content (AvgIpc) is 3.11. The third kappa shape index (κ3) is 3.22. The summed E-state index contributed by atoms with van der Waals surface area (Å²) < 4.78 is 0. The summed E-state index contributed by atoms with van der Waals surface area (Å²) in [7, 11) is 0. The number of hydrogen-bond donors (Lipinski definition) is 1. The molecule has 0 aromatic carbocycles. The van der Waals surface area contributed by atoms with Gasteiger partial charge >= 0.3 is 0 Å². The number of nitrogens with zero attached hydrogens (tertiary/aromatic N) is 1. The number of rotatable bonds is 4. The first kappa shape index (κ1) is 12.0. The number of nitrogens with one attached hydrogen (secondary N) is 1. The third-order valence-corrected chi connectivity index (χ3v) is 5.06. The second-order valence-corrected chi connectivity index (χ2v) is 6.59. The van der Waals surface area contributed by atoms with Crippen LogP contribution in [0.15, 0.2) is 11.4 Å². The molecule has 1 aromatic rings. The van der Waals surface area contributed by atoms with Gasteiger partial charge < -0.3 is 10.2 Å². The molecular weight excluding hydrogens is 252 g/mol. The molecular formula is C13H19ClN2S. The van der Waals surface area contributed by atoms with Crippen molar-refractivity contribution in [2.45, 2.75) is 44.3 Å². The first-order chi connectivity index (χ1) is 8.31. The molecule has 1 aliphatic heterocycles. The van der Waals surface area contributed by atoms with Crippen LogP contribution in [0, 0.1) is 0 Å². The van der Waals surface area contributed by atoms with Crippen LogP contribution in [0.5, 0.6) is 0 Å². The van der Waals surface area contributed by atoms with Crippen LogP contribution < -0.4 is 5.32 Å². The number of hydrogen-bond acceptors (Lipinski definition) is 3. The van der Waals surface area contributed by atoms with Crippen LogP contribution in [0.25, 0.3) is 0 Å². The maximum Gasteiger partial charge on any atom is 0.0516 e. The largest absolute Gasteiger partial charge is 0.309 e. The molecule has 1 aromatic heterocycles. The minimum Gasteiger partial charge on any atom is -0.309 e. The molecule has 0 bridgehead atoms. The smallest absolute Gasteiger partial charge is 0.0516 e. The second-order valence-electron chi connectivity index (χ2n) is 5.15. The number of thiophene rings is 1. The van der Waals surface area contributed by atoms with Gasteiger partial charge in [-0.1, -0.05) is 11.6 Å². The van der Waals surface area contributed by atoms with E-state index in [1.54, 1.807) is 11.3 Å². The van der Waals surface area contributed by atoms with E-state index in [1.807, 2.05) is 5.38 Å². The van der Waals surface area contributed by atoms with Crippen LogP contribution in [-0.2, 0) is 6.54 Å². The zero-order valence-corrected chi connectivity index (χ0v) is 11.6. The van der Waals surface area contributed by atoms with Crippen molar-refractivity contribution in [2.24, 2.45) is 0 Å². The Balaban J connectivity index is 1.41. The van der Waals surface area contributed by atoms with Crippen molar-refractivity contribution in [2.75, 3.05) is 13.1 Å². The first-order valence-corrected chi connectivity index (χ1v) is 7.77. The highest BCUT2D eigenvalue weighted by Crippen LogP contribution is 2.29. The lowest BCUT2D eigenvalue weighted by Crippen LogP contribution is -2.42. The van der Waals surface area contributed by atoms with Gasteiger partial charge in [0, 0.05) is 28.9 Å². The normalized spacial score (nSPS) is 23.1. The fraction of sp³-hybridized carbons (Fsp3) is 0.692. The van der Waals surface area contributed by atoms with Crippen LogP contribution >= 0.6 is 22.9 Å². The van der Waals surface area contributed by atoms with Gasteiger partial charge in [-0.05, 0) is 44.8 Å². The summed E-state index contributed by atoms with van der Waals surface area (Å²) in [6, 6.07) is 3.70. The monoisotopic (exact) mass is 270 g/mol. The lowest BCUT2D eigenvalue weighted by atomic mass is 10.0. The lowest BCUT2D eigenvalue weighted by molar-refractivity contribution is 0.189. The zero-order valence-electron chi connectivity index (χ0n) is 9.99. The molecule has 0 unspecified atom stereocenters. The SMILES string of the molecule is Clc1csc(CNC2CCN(C3CC3)CC2)c1. The summed E-state index contributed by atoms with van der Waals surface area (Å²) in [4.78, 5) is 4.01. The van der Waals surface area contributed by atoms with Gasteiger partial charge in [-0.3, -0.25) is 0 Å². The molecule has 1 N–H and O–H groups in total. The highest BCUT2D eigenvalue weighted by atomic mass is 35.5. The van der Waals surface area contributed by atoms with Crippen molar-refractivity contribution in [1.29, 1.82) is 0 Å². The molecule has 3 rings (SSSR count). The summed E-state index contributed by atoms with van der Waals surface area (Å²) in [5, 5.41) is 6.54. The van der Waals surface area contributed by atoms with Gasteiger partial charge in [0.2, 0.25) is 0 Å². The Hall–Kier alpha value is -0.0900. The van der Waals surface area contributed by atoms with Gasteiger partial charge in [0.15, 0.2) is 0 Å². The van der Waals surface area contributed by atoms with E-state index < -0.39 is 0 Å². The first-order valence-electron chi connectivity index (χ1n) is 6.51. The average molecular weight is 271 g/mol. The molecule has 0 atom stereocenters. The van der Waals surface area contributed by atoms with Gasteiger partial charge in [0.25, 0.3) is 0 Å². The van der Waals surface area contributed by atoms with Crippen LogP contribution in [0.1, 0.15) is 30.6 Å². The van der Waals surface area contributed by atoms with Crippen LogP contribution in [-0.4, -0.2) is 30.1 Å². The van der Waals surface area contributed by atoms with Crippen LogP contribution in [0.4, 0.5) is 0 Å². The Morgan fingerprint density at radius 1 is 1.29 bits per heavy atom. The minimum absolute atomic E-state index is 0.700. The van der Waals surface area contributed by atoms with Crippen molar-refractivity contribution in [1.82, 2.24) is 10.2 Å². The number of halogens is 1. The number of piperidine rings is 1. The van der Waals surface area contributed by atoms with E-state index in [0.717, 1.165) is 17.6 Å². The van der Waals surface area contributed by atoms with E-state index in [1.165, 1.54) is 43.6 Å². The molecule has 2 heterocycles. The topological polar surface area (TPSA) is 15.3 Å². The highest BCUT2D eigenvalue weighted by molar-refractivity contribution is 7.10. The fourth-order valence-electron chi connectivity index (χ4n) is 2.60. The Labute approximate surface area is 112 Å². The summed E-state index contributed by atoms with van der Waals surface area (Å²) in [5.41, 5.74) is 0. The Bertz CT molecular complexity index is 367. The van der Waals surface area contributed by atoms with Gasteiger partial charge in [-0.15, -0.1) is 11.3 Å². The van der Waals surface area contributed by atoms with Crippen LogP contribution in [0.3, 0.4) is 0 Å². The molecule has 94 valence electrons. The van der Waals surface area contributed by atoms with Gasteiger partial charge in [-0.2, -0.15) is 0 Å². The minimum atomic E-state index is 0.700. The van der Waals surface area contributed by atoms with Crippen LogP contribution in [0.2, 0.25) is 5.02 Å². The van der Waals surface area contributed by atoms with E-state index in [0.29, 0.717) is 6.04 Å². The molecule has 4 heteroatoms. The Morgan fingerprint density at radius 2 is 2.06 bits per heavy atom. The van der Waals surface area contributed by atoms with Gasteiger partial charge in [0.1, 0.15) is 0 Å². The van der Waals surface area contributed by atoms with Crippen molar-refractivity contribution in [3.05, 3.63) is 21.3 Å². The molecule has 2 nitrogen and oxygen atoms in total. The summed E-state index contributed by atoms with van der Waals surface area (Å²) in [6.07, 6.45) is 5.47. The Morgan fingerprint density at radius 3 is 2.65 bits per heavy atom. The molecule has 0 radical (unpaired) electrons. The molecule has 2 aliphatic rings. The van der Waals surface area contributed by atoms with E-state index in [9.17, 15) is 0 Å². The fourth-order valence-corrected chi connectivity index (χ4v) is 3.62. The maximum atomic E-state index is 5.92. The number of likely N-dealkylation sites (tertiary alicyclic amines) is 1. The quantitative estimate of drug-likeness (QED) is 0.904. The second kappa shape index (κ2) is 5.27. The molecule has 0 amide bonds. The molecule has 1 saturated carbocycles. The Kier molecular flexibility index (Phi) is 3.71. The van der Waals surface area contributed by atoms with E-state index >= 15 is 0 Å². The zero-order chi connectivity index (χ0) is 11.7. The third-order valence-electron chi connectivity index (χ3n) is 3.78. The maximum absolute atomic E-state index is 5.92. The van der Waals surface area contributed by atoms with Crippen molar-refractivity contribution in [3.8, 4) is 0 Å². The molecule has 0 spiro atoms. The van der Waals surface area contributed by atoms with E-state index in [-0.39, 0.29) is 0 Å². The van der Waals surface area contributed by atoms with Crippen molar-refractivity contribution < 1.29 is 0 Å². The molecule has 17 heavy (non-hydrogen) atoms. The molecule has 1 saturated heterocycles.